The van der Waals surface area contributed by atoms with Crippen molar-refractivity contribution in [2.24, 2.45) is 0 Å². The van der Waals surface area contributed by atoms with Crippen molar-refractivity contribution >= 4 is 33.0 Å². The van der Waals surface area contributed by atoms with Gasteiger partial charge in [-0.15, -0.1) is 0 Å². The van der Waals surface area contributed by atoms with E-state index < -0.39 is 26.9 Å². The Bertz CT molecular complexity index is 1220. The van der Waals surface area contributed by atoms with Crippen molar-refractivity contribution in [2.75, 3.05) is 23.9 Å². The van der Waals surface area contributed by atoms with Gasteiger partial charge in [0.1, 0.15) is 23.3 Å². The minimum absolute atomic E-state index is 0.0210. The van der Waals surface area contributed by atoms with E-state index >= 15 is 0 Å². The lowest BCUT2D eigenvalue weighted by Gasteiger charge is -2.22. The van der Waals surface area contributed by atoms with Crippen LogP contribution in [0, 0.1) is 0 Å². The molecule has 0 fully saturated rings. The summed E-state index contributed by atoms with van der Waals surface area (Å²) in [5.74, 6) is -0.325. The van der Waals surface area contributed by atoms with E-state index in [1.54, 1.807) is 42.5 Å². The number of nitrogens with zero attached hydrogens (tertiary/aromatic N) is 1. The summed E-state index contributed by atoms with van der Waals surface area (Å²) in [5, 5.41) is 1.55. The van der Waals surface area contributed by atoms with E-state index in [1.807, 2.05) is 0 Å². The number of nitrogens with one attached hydrogen (secondary N) is 1. The fourth-order valence-corrected chi connectivity index (χ4v) is 5.42. The molecule has 31 heavy (non-hydrogen) atoms. The van der Waals surface area contributed by atoms with Crippen LogP contribution in [0.3, 0.4) is 0 Å². The Balaban J connectivity index is 1.68. The minimum atomic E-state index is -3.92. The number of furan rings is 1. The highest BCUT2D eigenvalue weighted by Crippen LogP contribution is 2.40. The highest BCUT2D eigenvalue weighted by molar-refractivity contribution is 7.91. The largest absolute Gasteiger partial charge is 0.495 e. The van der Waals surface area contributed by atoms with Crippen molar-refractivity contribution < 1.29 is 27.2 Å². The van der Waals surface area contributed by atoms with Gasteiger partial charge in [0.2, 0.25) is 11.8 Å². The molecule has 0 spiro atoms. The Morgan fingerprint density at radius 1 is 1.13 bits per heavy atom. The first-order valence-corrected chi connectivity index (χ1v) is 11.1. The summed E-state index contributed by atoms with van der Waals surface area (Å²) in [5.41, 5.74) is 0.614. The zero-order valence-electron chi connectivity index (χ0n) is 16.6. The number of ether oxygens (including phenoxy) is 1. The van der Waals surface area contributed by atoms with Gasteiger partial charge < -0.3 is 19.4 Å². The summed E-state index contributed by atoms with van der Waals surface area (Å²) in [6.07, 6.45) is 1.02. The van der Waals surface area contributed by atoms with E-state index in [9.17, 15) is 18.0 Å². The summed E-state index contributed by atoms with van der Waals surface area (Å²) < 4.78 is 37.2. The van der Waals surface area contributed by atoms with Crippen molar-refractivity contribution in [1.82, 2.24) is 0 Å². The number of fused-ring (bicyclic) bond motifs is 1. The molecular weight excluding hydrogens is 420 g/mol. The Morgan fingerprint density at radius 3 is 2.61 bits per heavy atom. The van der Waals surface area contributed by atoms with Crippen LogP contribution >= 0.6 is 0 Å². The van der Waals surface area contributed by atoms with E-state index in [1.165, 1.54) is 36.5 Å². The molecule has 8 nitrogen and oxygen atoms in total. The number of carbonyl (C=O) groups excluding carboxylic acids is 2. The quantitative estimate of drug-likeness (QED) is 0.653. The zero-order chi connectivity index (χ0) is 22.0. The fourth-order valence-electron chi connectivity index (χ4n) is 3.57. The lowest BCUT2D eigenvalue weighted by Crippen LogP contribution is -2.38. The molecule has 160 valence electrons. The van der Waals surface area contributed by atoms with Crippen LogP contribution in [0.4, 0.5) is 11.4 Å². The molecule has 2 amide bonds. The van der Waals surface area contributed by atoms with Crippen molar-refractivity contribution in [3.63, 3.8) is 0 Å². The summed E-state index contributed by atoms with van der Waals surface area (Å²) in [4.78, 5) is 27.0. The van der Waals surface area contributed by atoms with Gasteiger partial charge in [-0.25, -0.2) is 8.42 Å². The Kier molecular flexibility index (Phi) is 5.51. The average Bonchev–Trinajstić information content (AvgIpc) is 3.28. The summed E-state index contributed by atoms with van der Waals surface area (Å²) in [7, 11) is -2.44. The molecule has 0 saturated heterocycles. The Hall–Kier alpha value is -3.59. The van der Waals surface area contributed by atoms with Gasteiger partial charge in [-0.3, -0.25) is 9.59 Å². The van der Waals surface area contributed by atoms with Crippen LogP contribution in [-0.4, -0.2) is 33.9 Å². The number of hydrogen-bond acceptors (Lipinski definition) is 6. The van der Waals surface area contributed by atoms with Gasteiger partial charge in [0.05, 0.1) is 36.1 Å². The van der Waals surface area contributed by atoms with E-state index in [4.69, 9.17) is 9.15 Å². The van der Waals surface area contributed by atoms with E-state index in [0.717, 1.165) is 0 Å². The second kappa shape index (κ2) is 8.27. The molecule has 1 aliphatic rings. The number of sulfone groups is 1. The first-order valence-electron chi connectivity index (χ1n) is 9.51. The van der Waals surface area contributed by atoms with Gasteiger partial charge in [0.15, 0.2) is 9.84 Å². The maximum Gasteiger partial charge on any atom is 0.244 e. The SMILES string of the molecule is COc1ccccc1NC(=O)CN1C(=O)CC(c2ccco2)S(=O)(=O)c2ccccc21. The first-order chi connectivity index (χ1) is 14.9. The first kappa shape index (κ1) is 20.7. The fraction of sp³-hybridized carbons (Fsp3) is 0.182. The molecule has 2 aromatic carbocycles. The molecule has 0 radical (unpaired) electrons. The topological polar surface area (TPSA) is 106 Å². The predicted octanol–water partition coefficient (Wildman–Crippen LogP) is 3.18. The number of amides is 2. The third kappa shape index (κ3) is 3.91. The maximum atomic E-state index is 13.3. The van der Waals surface area contributed by atoms with Crippen molar-refractivity contribution in [2.45, 2.75) is 16.6 Å². The smallest absolute Gasteiger partial charge is 0.244 e. The molecule has 1 aromatic heterocycles. The second-order valence-electron chi connectivity index (χ2n) is 6.95. The minimum Gasteiger partial charge on any atom is -0.495 e. The number of methoxy groups -OCH3 is 1. The third-order valence-electron chi connectivity index (χ3n) is 5.04. The Morgan fingerprint density at radius 2 is 1.87 bits per heavy atom. The highest BCUT2D eigenvalue weighted by Gasteiger charge is 2.41. The number of carbonyl (C=O) groups is 2. The molecule has 9 heteroatoms. The number of para-hydroxylation sites is 3. The van der Waals surface area contributed by atoms with Gasteiger partial charge in [-0.2, -0.15) is 0 Å². The van der Waals surface area contributed by atoms with Crippen LogP contribution < -0.4 is 15.0 Å². The number of rotatable bonds is 5. The van der Waals surface area contributed by atoms with Crippen LogP contribution in [0.1, 0.15) is 17.4 Å². The highest BCUT2D eigenvalue weighted by atomic mass is 32.2. The van der Waals surface area contributed by atoms with Crippen LogP contribution in [0.25, 0.3) is 0 Å². The van der Waals surface area contributed by atoms with Crippen molar-refractivity contribution in [1.29, 1.82) is 0 Å². The standard InChI is InChI=1S/C22H20N2O6S/c1-29-17-9-4-2-7-15(17)23-21(25)14-24-16-8-3-5-11-19(16)31(27,28)20(13-22(24)26)18-10-6-12-30-18/h2-12,20H,13-14H2,1H3,(H,23,25). The van der Waals surface area contributed by atoms with Crippen molar-refractivity contribution in [3.8, 4) is 5.75 Å². The van der Waals surface area contributed by atoms with E-state index in [-0.39, 0.29) is 29.3 Å². The Labute approximate surface area is 179 Å². The number of benzene rings is 2. The lowest BCUT2D eigenvalue weighted by atomic mass is 10.2. The molecule has 0 bridgehead atoms. The van der Waals surface area contributed by atoms with Crippen molar-refractivity contribution in [3.05, 3.63) is 72.7 Å². The van der Waals surface area contributed by atoms with Gasteiger partial charge in [0.25, 0.3) is 0 Å². The molecule has 2 heterocycles. The van der Waals surface area contributed by atoms with Crippen LogP contribution in [0.15, 0.2) is 76.2 Å². The molecule has 0 saturated carbocycles. The molecule has 0 aliphatic carbocycles. The second-order valence-corrected chi connectivity index (χ2v) is 9.05. The molecule has 1 N–H and O–H groups in total. The molecule has 4 rings (SSSR count). The molecule has 3 aromatic rings. The third-order valence-corrected chi connectivity index (χ3v) is 7.15. The van der Waals surface area contributed by atoms with Gasteiger partial charge in [-0.1, -0.05) is 24.3 Å². The van der Waals surface area contributed by atoms with Gasteiger partial charge >= 0.3 is 0 Å². The van der Waals surface area contributed by atoms with Crippen LogP contribution in [-0.2, 0) is 19.4 Å². The summed E-state index contributed by atoms with van der Waals surface area (Å²) in [6, 6.07) is 16.1. The summed E-state index contributed by atoms with van der Waals surface area (Å²) >= 11 is 0. The molecule has 1 atom stereocenters. The normalized spacial score (nSPS) is 17.5. The van der Waals surface area contributed by atoms with Gasteiger partial charge in [-0.05, 0) is 36.4 Å². The monoisotopic (exact) mass is 440 g/mol. The number of anilines is 2. The molecule has 1 unspecified atom stereocenters. The van der Waals surface area contributed by atoms with Crippen LogP contribution in [0.5, 0.6) is 5.75 Å². The maximum absolute atomic E-state index is 13.3. The average molecular weight is 440 g/mol. The summed E-state index contributed by atoms with van der Waals surface area (Å²) in [6.45, 7) is -0.353. The van der Waals surface area contributed by atoms with Crippen LogP contribution in [0.2, 0.25) is 0 Å². The number of hydrogen-bond donors (Lipinski definition) is 1. The molecular formula is C22H20N2O6S. The van der Waals surface area contributed by atoms with Gasteiger partial charge in [0, 0.05) is 0 Å². The molecule has 1 aliphatic heterocycles. The zero-order valence-corrected chi connectivity index (χ0v) is 17.5. The lowest BCUT2D eigenvalue weighted by molar-refractivity contribution is -0.121. The van der Waals surface area contributed by atoms with E-state index in [0.29, 0.717) is 11.4 Å². The van der Waals surface area contributed by atoms with E-state index in [2.05, 4.69) is 5.32 Å². The predicted molar refractivity (Wildman–Crippen MR) is 114 cm³/mol.